The Hall–Kier alpha value is -3.61. The topological polar surface area (TPSA) is 64.7 Å². The standard InChI is InChI=1S/C21H21N5O2/c1-24(12-16-11-22-25(2)13-16)21(27)17-6-5-7-19(10-17)28-15-18-14-26-9-4-3-8-20(26)23-18/h3-11,13-14H,12,15H2,1-2H3. The zero-order valence-corrected chi connectivity index (χ0v) is 15.8. The Bertz CT molecular complexity index is 1080. The Morgan fingerprint density at radius 2 is 2.07 bits per heavy atom. The van der Waals surface area contributed by atoms with E-state index in [9.17, 15) is 4.79 Å². The van der Waals surface area contributed by atoms with Crippen molar-refractivity contribution in [2.75, 3.05) is 7.05 Å². The van der Waals surface area contributed by atoms with Crippen LogP contribution in [0.3, 0.4) is 0 Å². The molecule has 0 aliphatic carbocycles. The number of aryl methyl sites for hydroxylation is 1. The lowest BCUT2D eigenvalue weighted by molar-refractivity contribution is 0.0784. The summed E-state index contributed by atoms with van der Waals surface area (Å²) in [7, 11) is 3.63. The molecule has 0 N–H and O–H groups in total. The van der Waals surface area contributed by atoms with E-state index in [1.807, 2.05) is 60.4 Å². The fourth-order valence-electron chi connectivity index (χ4n) is 3.05. The number of hydrogen-bond donors (Lipinski definition) is 0. The zero-order valence-electron chi connectivity index (χ0n) is 15.8. The average molecular weight is 375 g/mol. The van der Waals surface area contributed by atoms with Gasteiger partial charge in [0.1, 0.15) is 18.0 Å². The largest absolute Gasteiger partial charge is 0.487 e. The highest BCUT2D eigenvalue weighted by Crippen LogP contribution is 2.17. The highest BCUT2D eigenvalue weighted by molar-refractivity contribution is 5.94. The summed E-state index contributed by atoms with van der Waals surface area (Å²) in [4.78, 5) is 18.9. The molecule has 1 aromatic carbocycles. The lowest BCUT2D eigenvalue weighted by Crippen LogP contribution is -2.26. The summed E-state index contributed by atoms with van der Waals surface area (Å²) < 4.78 is 9.53. The maximum atomic E-state index is 12.7. The Balaban J connectivity index is 1.42. The number of benzene rings is 1. The summed E-state index contributed by atoms with van der Waals surface area (Å²) in [5, 5.41) is 4.14. The average Bonchev–Trinajstić information content (AvgIpc) is 3.31. The summed E-state index contributed by atoms with van der Waals surface area (Å²) in [6, 6.07) is 13.1. The van der Waals surface area contributed by atoms with Crippen LogP contribution < -0.4 is 4.74 Å². The minimum Gasteiger partial charge on any atom is -0.487 e. The number of pyridine rings is 1. The molecule has 0 spiro atoms. The molecule has 7 nitrogen and oxygen atoms in total. The monoisotopic (exact) mass is 375 g/mol. The summed E-state index contributed by atoms with van der Waals surface area (Å²) in [5.41, 5.74) is 3.27. The number of imidazole rings is 1. The van der Waals surface area contributed by atoms with Crippen molar-refractivity contribution in [3.8, 4) is 5.75 Å². The van der Waals surface area contributed by atoms with E-state index in [1.54, 1.807) is 35.0 Å². The van der Waals surface area contributed by atoms with Crippen LogP contribution in [0.25, 0.3) is 5.65 Å². The van der Waals surface area contributed by atoms with E-state index in [4.69, 9.17) is 4.74 Å². The van der Waals surface area contributed by atoms with E-state index in [0.29, 0.717) is 24.5 Å². The highest BCUT2D eigenvalue weighted by Gasteiger charge is 2.14. The number of fused-ring (bicyclic) bond motifs is 1. The molecule has 7 heteroatoms. The van der Waals surface area contributed by atoms with Crippen LogP contribution >= 0.6 is 0 Å². The number of amides is 1. The van der Waals surface area contributed by atoms with Gasteiger partial charge in [-0.25, -0.2) is 4.98 Å². The van der Waals surface area contributed by atoms with Gasteiger partial charge in [0.25, 0.3) is 5.91 Å². The fourth-order valence-corrected chi connectivity index (χ4v) is 3.05. The molecule has 4 aromatic rings. The maximum absolute atomic E-state index is 12.7. The Labute approximate surface area is 162 Å². The quantitative estimate of drug-likeness (QED) is 0.520. The van der Waals surface area contributed by atoms with Crippen LogP contribution in [0, 0.1) is 0 Å². The Morgan fingerprint density at radius 1 is 1.18 bits per heavy atom. The van der Waals surface area contributed by atoms with Crippen molar-refractivity contribution in [3.63, 3.8) is 0 Å². The van der Waals surface area contributed by atoms with Gasteiger partial charge < -0.3 is 14.0 Å². The van der Waals surface area contributed by atoms with Crippen molar-refractivity contribution < 1.29 is 9.53 Å². The molecule has 0 fully saturated rings. The predicted molar refractivity (Wildman–Crippen MR) is 105 cm³/mol. The van der Waals surface area contributed by atoms with Crippen LogP contribution in [0.5, 0.6) is 5.75 Å². The second-order valence-corrected chi connectivity index (χ2v) is 6.70. The first-order chi connectivity index (χ1) is 13.6. The first kappa shape index (κ1) is 17.8. The van der Waals surface area contributed by atoms with Crippen LogP contribution in [0.1, 0.15) is 21.6 Å². The highest BCUT2D eigenvalue weighted by atomic mass is 16.5. The van der Waals surface area contributed by atoms with E-state index in [0.717, 1.165) is 16.9 Å². The van der Waals surface area contributed by atoms with E-state index >= 15 is 0 Å². The molecule has 0 aliphatic rings. The van der Waals surface area contributed by atoms with E-state index in [2.05, 4.69) is 10.1 Å². The molecule has 0 atom stereocenters. The molecule has 1 amide bonds. The van der Waals surface area contributed by atoms with Gasteiger partial charge in [-0.3, -0.25) is 9.48 Å². The summed E-state index contributed by atoms with van der Waals surface area (Å²) in [6.07, 6.45) is 7.55. The molecule has 0 saturated heterocycles. The molecular weight excluding hydrogens is 354 g/mol. The van der Waals surface area contributed by atoms with Crippen LogP contribution in [0.2, 0.25) is 0 Å². The molecule has 0 radical (unpaired) electrons. The van der Waals surface area contributed by atoms with Crippen LogP contribution in [-0.4, -0.2) is 37.0 Å². The van der Waals surface area contributed by atoms with Crippen molar-refractivity contribution in [2.24, 2.45) is 7.05 Å². The van der Waals surface area contributed by atoms with Gasteiger partial charge in [0, 0.05) is 50.4 Å². The lowest BCUT2D eigenvalue weighted by atomic mass is 10.2. The normalized spacial score (nSPS) is 10.9. The van der Waals surface area contributed by atoms with Crippen LogP contribution in [0.15, 0.2) is 67.3 Å². The van der Waals surface area contributed by atoms with Crippen molar-refractivity contribution >= 4 is 11.6 Å². The second kappa shape index (κ2) is 7.56. The molecule has 0 saturated carbocycles. The molecule has 0 aliphatic heterocycles. The van der Waals surface area contributed by atoms with Gasteiger partial charge in [-0.1, -0.05) is 12.1 Å². The summed E-state index contributed by atoms with van der Waals surface area (Å²) >= 11 is 0. The molecule has 3 heterocycles. The third-order valence-electron chi connectivity index (χ3n) is 4.41. The Kier molecular flexibility index (Phi) is 4.80. The summed E-state index contributed by atoms with van der Waals surface area (Å²) in [5.74, 6) is 0.569. The second-order valence-electron chi connectivity index (χ2n) is 6.70. The fraction of sp³-hybridized carbons (Fsp3) is 0.190. The van der Waals surface area contributed by atoms with Gasteiger partial charge in [-0.15, -0.1) is 0 Å². The van der Waals surface area contributed by atoms with Crippen molar-refractivity contribution in [1.82, 2.24) is 24.1 Å². The molecule has 0 bridgehead atoms. The van der Waals surface area contributed by atoms with Gasteiger partial charge in [0.05, 0.1) is 11.9 Å². The minimum atomic E-state index is -0.0676. The Morgan fingerprint density at radius 3 is 2.86 bits per heavy atom. The number of hydrogen-bond acceptors (Lipinski definition) is 4. The number of ether oxygens (including phenoxy) is 1. The van der Waals surface area contributed by atoms with Gasteiger partial charge in [0.15, 0.2) is 0 Å². The summed E-state index contributed by atoms with van der Waals surface area (Å²) in [6.45, 7) is 0.837. The third-order valence-corrected chi connectivity index (χ3v) is 4.41. The lowest BCUT2D eigenvalue weighted by Gasteiger charge is -2.16. The predicted octanol–water partition coefficient (Wildman–Crippen LogP) is 2.92. The number of carbonyl (C=O) groups is 1. The van der Waals surface area contributed by atoms with Crippen molar-refractivity contribution in [2.45, 2.75) is 13.2 Å². The first-order valence-electron chi connectivity index (χ1n) is 8.97. The third kappa shape index (κ3) is 3.88. The number of rotatable bonds is 6. The van der Waals surface area contributed by atoms with Gasteiger partial charge >= 0.3 is 0 Å². The number of carbonyl (C=O) groups excluding carboxylic acids is 1. The van der Waals surface area contributed by atoms with E-state index in [1.165, 1.54) is 0 Å². The van der Waals surface area contributed by atoms with Crippen LogP contribution in [-0.2, 0) is 20.2 Å². The van der Waals surface area contributed by atoms with Gasteiger partial charge in [0.2, 0.25) is 0 Å². The van der Waals surface area contributed by atoms with Crippen molar-refractivity contribution in [3.05, 3.63) is 84.1 Å². The van der Waals surface area contributed by atoms with E-state index < -0.39 is 0 Å². The van der Waals surface area contributed by atoms with Gasteiger partial charge in [-0.05, 0) is 30.3 Å². The molecule has 4 rings (SSSR count). The number of nitrogens with zero attached hydrogens (tertiary/aromatic N) is 5. The maximum Gasteiger partial charge on any atom is 0.254 e. The van der Waals surface area contributed by atoms with Gasteiger partial charge in [-0.2, -0.15) is 5.10 Å². The zero-order chi connectivity index (χ0) is 19.5. The molecule has 3 aromatic heterocycles. The molecule has 0 unspecified atom stereocenters. The molecule has 142 valence electrons. The molecule has 28 heavy (non-hydrogen) atoms. The molecular formula is C21H21N5O2. The van der Waals surface area contributed by atoms with Crippen LogP contribution in [0.4, 0.5) is 0 Å². The number of aromatic nitrogens is 4. The SMILES string of the molecule is CN(Cc1cnn(C)c1)C(=O)c1cccc(OCc2cn3ccccc3n2)c1. The van der Waals surface area contributed by atoms with E-state index in [-0.39, 0.29) is 5.91 Å². The minimum absolute atomic E-state index is 0.0676. The first-order valence-corrected chi connectivity index (χ1v) is 8.97. The van der Waals surface area contributed by atoms with Crippen molar-refractivity contribution in [1.29, 1.82) is 0 Å². The smallest absolute Gasteiger partial charge is 0.254 e.